The van der Waals surface area contributed by atoms with Crippen LogP contribution in [0.5, 0.6) is 0 Å². The molecule has 0 unspecified atom stereocenters. The molecule has 0 aromatic heterocycles. The van der Waals surface area contributed by atoms with Crippen molar-refractivity contribution in [3.63, 3.8) is 0 Å². The fourth-order valence-corrected chi connectivity index (χ4v) is 2.83. The van der Waals surface area contributed by atoms with E-state index in [0.717, 1.165) is 5.56 Å². The second kappa shape index (κ2) is 8.43. The van der Waals surface area contributed by atoms with Crippen LogP contribution in [0, 0.1) is 0 Å². The molecule has 1 aliphatic heterocycles. The van der Waals surface area contributed by atoms with Crippen molar-refractivity contribution in [1.29, 1.82) is 0 Å². The van der Waals surface area contributed by atoms with Crippen LogP contribution in [0.1, 0.15) is 25.3 Å². The lowest BCUT2D eigenvalue weighted by molar-refractivity contribution is -0.137. The molecule has 1 aromatic rings. The quantitative estimate of drug-likeness (QED) is 0.676. The summed E-state index contributed by atoms with van der Waals surface area (Å²) in [6, 6.07) is 7.87. The van der Waals surface area contributed by atoms with Gasteiger partial charge < -0.3 is 21.1 Å². The minimum Gasteiger partial charge on any atom is -0.391 e. The van der Waals surface area contributed by atoms with Crippen LogP contribution < -0.4 is 11.1 Å². The third-order valence-electron chi connectivity index (χ3n) is 4.13. The number of hydrogen-bond donors (Lipinski definition) is 3. The Bertz CT molecular complexity index is 660. The number of benzene rings is 1. The summed E-state index contributed by atoms with van der Waals surface area (Å²) in [5.41, 5.74) is 6.34. The van der Waals surface area contributed by atoms with Crippen molar-refractivity contribution in [3.05, 3.63) is 42.0 Å². The lowest BCUT2D eigenvalue weighted by Gasteiger charge is -2.24. The van der Waals surface area contributed by atoms with Crippen LogP contribution in [-0.2, 0) is 14.4 Å². The average Bonchev–Trinajstić information content (AvgIpc) is 2.97. The molecule has 0 saturated carbocycles. The highest BCUT2D eigenvalue weighted by Gasteiger charge is 2.38. The van der Waals surface area contributed by atoms with Crippen molar-refractivity contribution >= 4 is 23.8 Å². The van der Waals surface area contributed by atoms with E-state index < -0.39 is 30.0 Å². The number of hydrogen-bond acceptors (Lipinski definition) is 4. The molecule has 1 aliphatic rings. The molecule has 0 radical (unpaired) electrons. The molecule has 7 nitrogen and oxygen atoms in total. The summed E-state index contributed by atoms with van der Waals surface area (Å²) in [5, 5.41) is 12.3. The van der Waals surface area contributed by atoms with Crippen molar-refractivity contribution in [2.45, 2.75) is 38.0 Å². The van der Waals surface area contributed by atoms with E-state index >= 15 is 0 Å². The first kappa shape index (κ1) is 18.7. The number of nitrogens with one attached hydrogen (secondary N) is 1. The summed E-state index contributed by atoms with van der Waals surface area (Å²) in [4.78, 5) is 36.9. The van der Waals surface area contributed by atoms with E-state index in [4.69, 9.17) is 5.73 Å². The minimum atomic E-state index is -0.876. The van der Waals surface area contributed by atoms with Gasteiger partial charge in [0.25, 0.3) is 0 Å². The molecule has 25 heavy (non-hydrogen) atoms. The lowest BCUT2D eigenvalue weighted by Crippen LogP contribution is -2.51. The van der Waals surface area contributed by atoms with E-state index in [0.29, 0.717) is 0 Å². The maximum atomic E-state index is 12.4. The molecule has 3 amide bonds. The van der Waals surface area contributed by atoms with Crippen molar-refractivity contribution < 1.29 is 19.5 Å². The summed E-state index contributed by atoms with van der Waals surface area (Å²) >= 11 is 0. The molecule has 134 valence electrons. The Morgan fingerprint density at radius 1 is 1.36 bits per heavy atom. The van der Waals surface area contributed by atoms with Gasteiger partial charge in [-0.05, 0) is 12.0 Å². The van der Waals surface area contributed by atoms with Gasteiger partial charge in [-0.2, -0.15) is 0 Å². The summed E-state index contributed by atoms with van der Waals surface area (Å²) in [7, 11) is 0. The van der Waals surface area contributed by atoms with E-state index in [1.807, 2.05) is 36.4 Å². The number of aliphatic hydroxyl groups is 1. The number of rotatable bonds is 6. The number of amides is 3. The fourth-order valence-electron chi connectivity index (χ4n) is 2.83. The van der Waals surface area contributed by atoms with Gasteiger partial charge >= 0.3 is 0 Å². The van der Waals surface area contributed by atoms with E-state index in [1.54, 1.807) is 6.08 Å². The van der Waals surface area contributed by atoms with Crippen LogP contribution in [0.3, 0.4) is 0 Å². The first-order valence-corrected chi connectivity index (χ1v) is 8.15. The molecule has 0 aliphatic carbocycles. The van der Waals surface area contributed by atoms with E-state index in [-0.39, 0.29) is 25.3 Å². The molecule has 1 saturated heterocycles. The van der Waals surface area contributed by atoms with Crippen molar-refractivity contribution in [3.8, 4) is 0 Å². The molecular weight excluding hydrogens is 322 g/mol. The van der Waals surface area contributed by atoms with Crippen LogP contribution in [0.4, 0.5) is 0 Å². The lowest BCUT2D eigenvalue weighted by atomic mass is 10.1. The molecule has 0 bridgehead atoms. The highest BCUT2D eigenvalue weighted by Crippen LogP contribution is 2.18. The van der Waals surface area contributed by atoms with Gasteiger partial charge in [-0.3, -0.25) is 14.4 Å². The standard InChI is InChI=1S/C18H23N3O4/c1-12(22)21-11-14(23)10-16(21)18(25)20-15(17(19)24)9-5-8-13-6-3-2-4-7-13/h2-8,14-16,23H,9-11H2,1H3,(H2,19,24)(H,20,25)/b8-5+/t14-,15+,16+/m1/s1. The maximum absolute atomic E-state index is 12.4. The van der Waals surface area contributed by atoms with Crippen LogP contribution in [0.15, 0.2) is 36.4 Å². The number of carbonyl (C=O) groups excluding carboxylic acids is 3. The number of nitrogens with zero attached hydrogens (tertiary/aromatic N) is 1. The highest BCUT2D eigenvalue weighted by atomic mass is 16.3. The van der Waals surface area contributed by atoms with E-state index in [2.05, 4.69) is 5.32 Å². The van der Waals surface area contributed by atoms with E-state index in [9.17, 15) is 19.5 Å². The molecule has 1 fully saturated rings. The summed E-state index contributed by atoms with van der Waals surface area (Å²) in [6.07, 6.45) is 3.24. The van der Waals surface area contributed by atoms with Crippen LogP contribution in [0.25, 0.3) is 6.08 Å². The highest BCUT2D eigenvalue weighted by molar-refractivity contribution is 5.91. The van der Waals surface area contributed by atoms with Gasteiger partial charge in [0, 0.05) is 19.9 Å². The third-order valence-corrected chi connectivity index (χ3v) is 4.13. The summed E-state index contributed by atoms with van der Waals surface area (Å²) in [6.45, 7) is 1.45. The zero-order valence-corrected chi connectivity index (χ0v) is 14.1. The smallest absolute Gasteiger partial charge is 0.243 e. The van der Waals surface area contributed by atoms with Crippen LogP contribution in [-0.4, -0.2) is 52.5 Å². The Balaban J connectivity index is 1.98. The van der Waals surface area contributed by atoms with Crippen LogP contribution in [0.2, 0.25) is 0 Å². The molecule has 3 atom stereocenters. The molecule has 1 aromatic carbocycles. The van der Waals surface area contributed by atoms with E-state index in [1.165, 1.54) is 11.8 Å². The number of likely N-dealkylation sites (tertiary alicyclic amines) is 1. The zero-order valence-electron chi connectivity index (χ0n) is 14.1. The Labute approximate surface area is 146 Å². The second-order valence-electron chi connectivity index (χ2n) is 6.09. The molecule has 1 heterocycles. The van der Waals surface area contributed by atoms with Gasteiger partial charge in [0.05, 0.1) is 6.10 Å². The fraction of sp³-hybridized carbons (Fsp3) is 0.389. The predicted molar refractivity (Wildman–Crippen MR) is 93.0 cm³/mol. The van der Waals surface area contributed by atoms with Gasteiger partial charge in [0.15, 0.2) is 0 Å². The van der Waals surface area contributed by atoms with Gasteiger partial charge in [-0.25, -0.2) is 0 Å². The monoisotopic (exact) mass is 345 g/mol. The first-order chi connectivity index (χ1) is 11.9. The summed E-state index contributed by atoms with van der Waals surface area (Å²) in [5.74, 6) is -1.43. The Morgan fingerprint density at radius 2 is 2.04 bits per heavy atom. The Morgan fingerprint density at radius 3 is 2.64 bits per heavy atom. The van der Waals surface area contributed by atoms with Crippen molar-refractivity contribution in [1.82, 2.24) is 10.2 Å². The minimum absolute atomic E-state index is 0.114. The maximum Gasteiger partial charge on any atom is 0.243 e. The predicted octanol–water partition coefficient (Wildman–Crippen LogP) is 0.0417. The number of primary amides is 1. The first-order valence-electron chi connectivity index (χ1n) is 8.15. The van der Waals surface area contributed by atoms with Crippen LogP contribution >= 0.6 is 0 Å². The van der Waals surface area contributed by atoms with Crippen molar-refractivity contribution in [2.24, 2.45) is 5.73 Å². The van der Waals surface area contributed by atoms with Gasteiger partial charge in [-0.15, -0.1) is 0 Å². The normalized spacial score (nSPS) is 21.3. The van der Waals surface area contributed by atoms with Gasteiger partial charge in [0.2, 0.25) is 17.7 Å². The summed E-state index contributed by atoms with van der Waals surface area (Å²) < 4.78 is 0. The van der Waals surface area contributed by atoms with Gasteiger partial charge in [0.1, 0.15) is 12.1 Å². The zero-order chi connectivity index (χ0) is 18.4. The molecule has 7 heteroatoms. The Kier molecular flexibility index (Phi) is 6.30. The topological polar surface area (TPSA) is 113 Å². The molecule has 0 spiro atoms. The molecule has 2 rings (SSSR count). The third kappa shape index (κ3) is 5.15. The number of carbonyl (C=O) groups is 3. The SMILES string of the molecule is CC(=O)N1C[C@H](O)C[C@H]1C(=O)N[C@@H](C/C=C/c1ccccc1)C(N)=O. The largest absolute Gasteiger partial charge is 0.391 e. The Hall–Kier alpha value is -2.67. The average molecular weight is 345 g/mol. The van der Waals surface area contributed by atoms with Crippen molar-refractivity contribution in [2.75, 3.05) is 6.54 Å². The number of β-amino-alcohol motifs (C(OH)–C–C–N with tert-alkyl or cyclic N) is 1. The number of aliphatic hydroxyl groups excluding tert-OH is 1. The molecule has 4 N–H and O–H groups in total. The molecular formula is C18H23N3O4. The number of nitrogens with two attached hydrogens (primary N) is 1. The second-order valence-corrected chi connectivity index (χ2v) is 6.09. The van der Waals surface area contributed by atoms with Gasteiger partial charge in [-0.1, -0.05) is 42.5 Å².